The SMILES string of the molecule is CCCCC(c1ccncc1)n1ccnc1. The Hall–Kier alpha value is -1.64. The minimum absolute atomic E-state index is 0.394. The molecule has 1 atom stereocenters. The van der Waals surface area contributed by atoms with E-state index in [1.807, 2.05) is 31.1 Å². The molecule has 0 fully saturated rings. The highest BCUT2D eigenvalue weighted by Gasteiger charge is 2.11. The van der Waals surface area contributed by atoms with Gasteiger partial charge in [0, 0.05) is 24.8 Å². The Kier molecular flexibility index (Phi) is 3.70. The van der Waals surface area contributed by atoms with E-state index >= 15 is 0 Å². The second-order valence-electron chi connectivity index (χ2n) is 3.95. The van der Waals surface area contributed by atoms with Crippen molar-refractivity contribution in [2.45, 2.75) is 32.2 Å². The lowest BCUT2D eigenvalue weighted by Crippen LogP contribution is -2.08. The standard InChI is InChI=1S/C13H17N3/c1-2-3-4-13(16-10-9-15-11-16)12-5-7-14-8-6-12/h5-11,13H,2-4H2,1H3. The van der Waals surface area contributed by atoms with Crippen molar-refractivity contribution >= 4 is 0 Å². The molecule has 0 radical (unpaired) electrons. The first-order valence-electron chi connectivity index (χ1n) is 5.79. The van der Waals surface area contributed by atoms with Gasteiger partial charge in [-0.2, -0.15) is 0 Å². The molecule has 0 aliphatic heterocycles. The van der Waals surface area contributed by atoms with Crippen LogP contribution in [0.15, 0.2) is 43.2 Å². The van der Waals surface area contributed by atoms with E-state index in [9.17, 15) is 0 Å². The van der Waals surface area contributed by atoms with Crippen molar-refractivity contribution in [3.63, 3.8) is 0 Å². The van der Waals surface area contributed by atoms with Crippen LogP contribution in [-0.4, -0.2) is 14.5 Å². The van der Waals surface area contributed by atoms with Crippen LogP contribution in [0.3, 0.4) is 0 Å². The third kappa shape index (κ3) is 2.48. The second kappa shape index (κ2) is 5.45. The zero-order chi connectivity index (χ0) is 11.2. The minimum atomic E-state index is 0.394. The molecule has 16 heavy (non-hydrogen) atoms. The average molecular weight is 215 g/mol. The molecule has 0 spiro atoms. The molecule has 2 aromatic heterocycles. The Balaban J connectivity index is 2.21. The molecular weight excluding hydrogens is 198 g/mol. The molecule has 0 aromatic carbocycles. The molecule has 0 aliphatic rings. The van der Waals surface area contributed by atoms with Gasteiger partial charge in [-0.25, -0.2) is 4.98 Å². The summed E-state index contributed by atoms with van der Waals surface area (Å²) >= 11 is 0. The second-order valence-corrected chi connectivity index (χ2v) is 3.95. The van der Waals surface area contributed by atoms with E-state index in [1.165, 1.54) is 18.4 Å². The van der Waals surface area contributed by atoms with E-state index in [0.717, 1.165) is 6.42 Å². The lowest BCUT2D eigenvalue weighted by atomic mass is 10.0. The van der Waals surface area contributed by atoms with Gasteiger partial charge < -0.3 is 4.57 Å². The highest BCUT2D eigenvalue weighted by atomic mass is 15.0. The predicted molar refractivity (Wildman–Crippen MR) is 64.1 cm³/mol. The molecule has 0 bridgehead atoms. The fourth-order valence-electron chi connectivity index (χ4n) is 1.92. The summed E-state index contributed by atoms with van der Waals surface area (Å²) < 4.78 is 2.17. The highest BCUT2D eigenvalue weighted by molar-refractivity contribution is 5.16. The maximum absolute atomic E-state index is 4.12. The van der Waals surface area contributed by atoms with Gasteiger partial charge in [-0.05, 0) is 24.1 Å². The molecular formula is C13H17N3. The third-order valence-corrected chi connectivity index (χ3v) is 2.81. The van der Waals surface area contributed by atoms with Gasteiger partial charge in [0.1, 0.15) is 0 Å². The number of aromatic nitrogens is 3. The van der Waals surface area contributed by atoms with Crippen LogP contribution in [-0.2, 0) is 0 Å². The molecule has 2 heterocycles. The van der Waals surface area contributed by atoms with E-state index in [2.05, 4.69) is 33.6 Å². The summed E-state index contributed by atoms with van der Waals surface area (Å²) in [5.74, 6) is 0. The van der Waals surface area contributed by atoms with Crippen LogP contribution in [0.2, 0.25) is 0 Å². The number of unbranched alkanes of at least 4 members (excludes halogenated alkanes) is 1. The molecule has 0 N–H and O–H groups in total. The lowest BCUT2D eigenvalue weighted by molar-refractivity contribution is 0.514. The Labute approximate surface area is 96.2 Å². The minimum Gasteiger partial charge on any atom is -0.330 e. The molecule has 0 saturated carbocycles. The summed E-state index contributed by atoms with van der Waals surface area (Å²) in [6.45, 7) is 2.22. The molecule has 2 aromatic rings. The number of hydrogen-bond acceptors (Lipinski definition) is 2. The van der Waals surface area contributed by atoms with Crippen LogP contribution in [0, 0.1) is 0 Å². The largest absolute Gasteiger partial charge is 0.330 e. The monoisotopic (exact) mass is 215 g/mol. The fourth-order valence-corrected chi connectivity index (χ4v) is 1.92. The van der Waals surface area contributed by atoms with Crippen LogP contribution in [0.4, 0.5) is 0 Å². The Bertz CT molecular complexity index is 394. The first-order chi connectivity index (χ1) is 7.92. The molecule has 0 amide bonds. The van der Waals surface area contributed by atoms with Gasteiger partial charge in [0.25, 0.3) is 0 Å². The summed E-state index contributed by atoms with van der Waals surface area (Å²) in [7, 11) is 0. The fraction of sp³-hybridized carbons (Fsp3) is 0.385. The third-order valence-electron chi connectivity index (χ3n) is 2.81. The molecule has 3 heteroatoms. The van der Waals surface area contributed by atoms with Gasteiger partial charge in [-0.15, -0.1) is 0 Å². The van der Waals surface area contributed by atoms with Crippen LogP contribution < -0.4 is 0 Å². The lowest BCUT2D eigenvalue weighted by Gasteiger charge is -2.18. The molecule has 3 nitrogen and oxygen atoms in total. The van der Waals surface area contributed by atoms with Crippen LogP contribution in [0.25, 0.3) is 0 Å². The highest BCUT2D eigenvalue weighted by Crippen LogP contribution is 2.23. The van der Waals surface area contributed by atoms with E-state index < -0.39 is 0 Å². The van der Waals surface area contributed by atoms with Crippen molar-refractivity contribution in [3.05, 3.63) is 48.8 Å². The smallest absolute Gasteiger partial charge is 0.0951 e. The zero-order valence-electron chi connectivity index (χ0n) is 9.58. The van der Waals surface area contributed by atoms with Crippen molar-refractivity contribution in [2.75, 3.05) is 0 Å². The van der Waals surface area contributed by atoms with Gasteiger partial charge in [-0.1, -0.05) is 19.8 Å². The maximum Gasteiger partial charge on any atom is 0.0951 e. The van der Waals surface area contributed by atoms with Gasteiger partial charge in [0.2, 0.25) is 0 Å². The van der Waals surface area contributed by atoms with Crippen molar-refractivity contribution in [2.24, 2.45) is 0 Å². The van der Waals surface area contributed by atoms with E-state index in [1.54, 1.807) is 0 Å². The van der Waals surface area contributed by atoms with Crippen LogP contribution in [0.5, 0.6) is 0 Å². The van der Waals surface area contributed by atoms with E-state index in [4.69, 9.17) is 0 Å². The molecule has 1 unspecified atom stereocenters. The predicted octanol–water partition coefficient (Wildman–Crippen LogP) is 3.06. The first kappa shape index (κ1) is 10.9. The zero-order valence-corrected chi connectivity index (χ0v) is 9.58. The molecule has 84 valence electrons. The summed E-state index contributed by atoms with van der Waals surface area (Å²) in [4.78, 5) is 8.19. The van der Waals surface area contributed by atoms with Crippen LogP contribution >= 0.6 is 0 Å². The molecule has 0 aliphatic carbocycles. The Morgan fingerprint density at radius 2 is 2.00 bits per heavy atom. The van der Waals surface area contributed by atoms with Gasteiger partial charge in [-0.3, -0.25) is 4.98 Å². The number of hydrogen-bond donors (Lipinski definition) is 0. The van der Waals surface area contributed by atoms with Crippen LogP contribution in [0.1, 0.15) is 37.8 Å². The van der Waals surface area contributed by atoms with Crippen molar-refractivity contribution in [3.8, 4) is 0 Å². The normalized spacial score (nSPS) is 12.6. The van der Waals surface area contributed by atoms with Gasteiger partial charge in [0.15, 0.2) is 0 Å². The van der Waals surface area contributed by atoms with E-state index in [-0.39, 0.29) is 0 Å². The van der Waals surface area contributed by atoms with Crippen molar-refractivity contribution in [1.82, 2.24) is 14.5 Å². The number of imidazole rings is 1. The van der Waals surface area contributed by atoms with Gasteiger partial charge in [0.05, 0.1) is 12.4 Å². The first-order valence-corrected chi connectivity index (χ1v) is 5.79. The quantitative estimate of drug-likeness (QED) is 0.767. The number of pyridine rings is 1. The van der Waals surface area contributed by atoms with Crippen molar-refractivity contribution in [1.29, 1.82) is 0 Å². The Morgan fingerprint density at radius 1 is 1.19 bits per heavy atom. The van der Waals surface area contributed by atoms with E-state index in [0.29, 0.717) is 6.04 Å². The molecule has 0 saturated heterocycles. The summed E-state index contributed by atoms with van der Waals surface area (Å²) in [5, 5.41) is 0. The number of nitrogens with zero attached hydrogens (tertiary/aromatic N) is 3. The van der Waals surface area contributed by atoms with Gasteiger partial charge >= 0.3 is 0 Å². The summed E-state index contributed by atoms with van der Waals surface area (Å²) in [6.07, 6.45) is 13.1. The molecule has 2 rings (SSSR count). The summed E-state index contributed by atoms with van der Waals surface area (Å²) in [6, 6.07) is 4.56. The maximum atomic E-state index is 4.12. The summed E-state index contributed by atoms with van der Waals surface area (Å²) in [5.41, 5.74) is 1.31. The average Bonchev–Trinajstić information content (AvgIpc) is 2.85. The van der Waals surface area contributed by atoms with Crippen molar-refractivity contribution < 1.29 is 0 Å². The Morgan fingerprint density at radius 3 is 2.62 bits per heavy atom. The number of rotatable bonds is 5. The topological polar surface area (TPSA) is 30.7 Å².